The van der Waals surface area contributed by atoms with Crippen molar-refractivity contribution < 1.29 is 5.11 Å². The van der Waals surface area contributed by atoms with Gasteiger partial charge in [0.1, 0.15) is 0 Å². The van der Waals surface area contributed by atoms with Crippen LogP contribution in [0.4, 0.5) is 0 Å². The first kappa shape index (κ1) is 12.6. The monoisotopic (exact) mass is 233 g/mol. The van der Waals surface area contributed by atoms with Gasteiger partial charge in [-0.05, 0) is 43.2 Å². The van der Waals surface area contributed by atoms with E-state index < -0.39 is 0 Å². The Balaban J connectivity index is 1.66. The molecule has 0 spiro atoms. The average molecular weight is 233 g/mol. The lowest BCUT2D eigenvalue weighted by molar-refractivity contribution is 0.240. The molecule has 2 rings (SSSR count). The highest BCUT2D eigenvalue weighted by Gasteiger charge is 2.29. The van der Waals surface area contributed by atoms with Crippen LogP contribution >= 0.6 is 0 Å². The molecule has 1 unspecified atom stereocenters. The Morgan fingerprint density at radius 1 is 1.29 bits per heavy atom. The van der Waals surface area contributed by atoms with Crippen LogP contribution in [0.3, 0.4) is 0 Å². The lowest BCUT2D eigenvalue weighted by Gasteiger charge is -2.37. The van der Waals surface area contributed by atoms with E-state index in [-0.39, 0.29) is 0 Å². The summed E-state index contributed by atoms with van der Waals surface area (Å²) in [5, 5.41) is 12.4. The minimum Gasteiger partial charge on any atom is -0.396 e. The van der Waals surface area contributed by atoms with E-state index >= 15 is 0 Å². The number of aliphatic hydroxyl groups is 1. The van der Waals surface area contributed by atoms with E-state index in [2.05, 4.69) is 42.6 Å². The first-order valence-electron chi connectivity index (χ1n) is 6.68. The number of hydrogen-bond acceptors (Lipinski definition) is 2. The lowest BCUT2D eigenvalue weighted by Crippen LogP contribution is -2.42. The van der Waals surface area contributed by atoms with Gasteiger partial charge < -0.3 is 10.4 Å². The predicted octanol–water partition coefficient (Wildman–Crippen LogP) is 2.54. The number of aliphatic hydroxyl groups excluding tert-OH is 1. The van der Waals surface area contributed by atoms with E-state index in [4.69, 9.17) is 5.11 Å². The van der Waals surface area contributed by atoms with Gasteiger partial charge in [-0.15, -0.1) is 0 Å². The molecule has 0 bridgehead atoms. The Morgan fingerprint density at radius 2 is 2.00 bits per heavy atom. The zero-order chi connectivity index (χ0) is 12.1. The summed E-state index contributed by atoms with van der Waals surface area (Å²) in [6.07, 6.45) is 3.42. The zero-order valence-corrected chi connectivity index (χ0v) is 10.6. The molecule has 0 aliphatic heterocycles. The van der Waals surface area contributed by atoms with Crippen molar-refractivity contribution in [1.82, 2.24) is 5.32 Å². The van der Waals surface area contributed by atoms with Crippen molar-refractivity contribution in [1.29, 1.82) is 0 Å². The molecule has 1 aromatic rings. The minimum atomic E-state index is 0.306. The molecule has 1 aliphatic carbocycles. The lowest BCUT2D eigenvalue weighted by atomic mass is 9.76. The van der Waals surface area contributed by atoms with Crippen LogP contribution in [0.1, 0.15) is 37.7 Å². The van der Waals surface area contributed by atoms with Gasteiger partial charge in [0.15, 0.2) is 0 Å². The molecule has 2 heteroatoms. The maximum Gasteiger partial charge on any atom is 0.0434 e. The molecule has 2 nitrogen and oxygen atoms in total. The minimum absolute atomic E-state index is 0.306. The van der Waals surface area contributed by atoms with Crippen LogP contribution in [-0.2, 0) is 0 Å². The van der Waals surface area contributed by atoms with Gasteiger partial charge in [0.2, 0.25) is 0 Å². The van der Waals surface area contributed by atoms with E-state index in [1.807, 2.05) is 0 Å². The second-order valence-corrected chi connectivity index (χ2v) is 5.30. The highest BCUT2D eigenvalue weighted by Crippen LogP contribution is 2.36. The largest absolute Gasteiger partial charge is 0.396 e. The number of benzene rings is 1. The van der Waals surface area contributed by atoms with Gasteiger partial charge in [-0.3, -0.25) is 0 Å². The molecule has 1 saturated carbocycles. The second-order valence-electron chi connectivity index (χ2n) is 5.30. The van der Waals surface area contributed by atoms with Gasteiger partial charge in [-0.25, -0.2) is 0 Å². The normalized spacial score (nSPS) is 25.3. The highest BCUT2D eigenvalue weighted by molar-refractivity contribution is 5.22. The molecule has 1 aromatic carbocycles. The van der Waals surface area contributed by atoms with Crippen LogP contribution in [0.25, 0.3) is 0 Å². The van der Waals surface area contributed by atoms with Crippen molar-refractivity contribution in [3.05, 3.63) is 35.9 Å². The Morgan fingerprint density at radius 3 is 2.65 bits per heavy atom. The van der Waals surface area contributed by atoms with Crippen molar-refractivity contribution in [3.8, 4) is 0 Å². The molecule has 0 aromatic heterocycles. The molecule has 2 N–H and O–H groups in total. The molecule has 94 valence electrons. The molecule has 0 saturated heterocycles. The molecule has 0 amide bonds. The Bertz CT molecular complexity index is 319. The van der Waals surface area contributed by atoms with Crippen LogP contribution in [-0.4, -0.2) is 24.3 Å². The molecule has 0 heterocycles. The highest BCUT2D eigenvalue weighted by atomic mass is 16.3. The second kappa shape index (κ2) is 6.18. The van der Waals surface area contributed by atoms with Crippen molar-refractivity contribution in [2.45, 2.75) is 38.1 Å². The van der Waals surface area contributed by atoms with Gasteiger partial charge in [0.25, 0.3) is 0 Å². The van der Waals surface area contributed by atoms with Crippen LogP contribution in [0.2, 0.25) is 0 Å². The van der Waals surface area contributed by atoms with Gasteiger partial charge >= 0.3 is 0 Å². The van der Waals surface area contributed by atoms with E-state index in [0.717, 1.165) is 18.9 Å². The van der Waals surface area contributed by atoms with Gasteiger partial charge in [-0.1, -0.05) is 37.3 Å². The summed E-state index contributed by atoms with van der Waals surface area (Å²) in [4.78, 5) is 0. The first-order chi connectivity index (χ1) is 8.29. The Kier molecular flexibility index (Phi) is 4.57. The molecular formula is C15H23NO. The summed E-state index contributed by atoms with van der Waals surface area (Å²) in [5.41, 5.74) is 1.48. The Labute approximate surface area is 104 Å². The standard InChI is InChI=1S/C15H23NO/c1-12(7-8-17)11-16-15-9-14(10-15)13-5-3-2-4-6-13/h2-6,12,14-17H,7-11H2,1H3. The maximum absolute atomic E-state index is 8.84. The number of nitrogens with one attached hydrogen (secondary N) is 1. The van der Waals surface area contributed by atoms with Crippen LogP contribution in [0.15, 0.2) is 30.3 Å². The molecule has 17 heavy (non-hydrogen) atoms. The van der Waals surface area contributed by atoms with Gasteiger partial charge in [-0.2, -0.15) is 0 Å². The molecular weight excluding hydrogens is 210 g/mol. The average Bonchev–Trinajstić information content (AvgIpc) is 2.28. The summed E-state index contributed by atoms with van der Waals surface area (Å²) in [6.45, 7) is 3.53. The predicted molar refractivity (Wildman–Crippen MR) is 71.1 cm³/mol. The zero-order valence-electron chi connectivity index (χ0n) is 10.6. The number of rotatable bonds is 6. The van der Waals surface area contributed by atoms with Gasteiger partial charge in [0, 0.05) is 12.6 Å². The fraction of sp³-hybridized carbons (Fsp3) is 0.600. The topological polar surface area (TPSA) is 32.3 Å². The van der Waals surface area contributed by atoms with E-state index in [9.17, 15) is 0 Å². The van der Waals surface area contributed by atoms with Crippen LogP contribution < -0.4 is 5.32 Å². The Hall–Kier alpha value is -0.860. The molecule has 1 atom stereocenters. The van der Waals surface area contributed by atoms with Crippen molar-refractivity contribution in [2.75, 3.05) is 13.2 Å². The third kappa shape index (κ3) is 3.55. The summed E-state index contributed by atoms with van der Waals surface area (Å²) in [6, 6.07) is 11.5. The third-order valence-corrected chi connectivity index (χ3v) is 3.79. The summed E-state index contributed by atoms with van der Waals surface area (Å²) < 4.78 is 0. The number of hydrogen-bond donors (Lipinski definition) is 2. The van der Waals surface area contributed by atoms with E-state index in [1.165, 1.54) is 18.4 Å². The van der Waals surface area contributed by atoms with Crippen molar-refractivity contribution in [3.63, 3.8) is 0 Å². The van der Waals surface area contributed by atoms with Gasteiger partial charge in [0.05, 0.1) is 0 Å². The van der Waals surface area contributed by atoms with Crippen LogP contribution in [0, 0.1) is 5.92 Å². The summed E-state index contributed by atoms with van der Waals surface area (Å²) >= 11 is 0. The SMILES string of the molecule is CC(CCO)CNC1CC(c2ccccc2)C1. The van der Waals surface area contributed by atoms with Crippen molar-refractivity contribution in [2.24, 2.45) is 5.92 Å². The quantitative estimate of drug-likeness (QED) is 0.791. The fourth-order valence-corrected chi connectivity index (χ4v) is 2.47. The van der Waals surface area contributed by atoms with E-state index in [1.54, 1.807) is 0 Å². The van der Waals surface area contributed by atoms with Crippen molar-refractivity contribution >= 4 is 0 Å². The molecule has 0 radical (unpaired) electrons. The maximum atomic E-state index is 8.84. The smallest absolute Gasteiger partial charge is 0.0434 e. The summed E-state index contributed by atoms with van der Waals surface area (Å²) in [7, 11) is 0. The first-order valence-corrected chi connectivity index (χ1v) is 6.68. The van der Waals surface area contributed by atoms with E-state index in [0.29, 0.717) is 18.6 Å². The summed E-state index contributed by atoms with van der Waals surface area (Å²) in [5.74, 6) is 1.33. The molecule has 1 fully saturated rings. The third-order valence-electron chi connectivity index (χ3n) is 3.79. The fourth-order valence-electron chi connectivity index (χ4n) is 2.47. The molecule has 1 aliphatic rings. The van der Waals surface area contributed by atoms with Crippen LogP contribution in [0.5, 0.6) is 0 Å².